The van der Waals surface area contributed by atoms with Gasteiger partial charge >= 0.3 is 6.18 Å². The Morgan fingerprint density at radius 3 is 2.48 bits per heavy atom. The van der Waals surface area contributed by atoms with Crippen molar-refractivity contribution in [3.8, 4) is 0 Å². The Hall–Kier alpha value is -0.860. The Balaban J connectivity index is 0.00000400. The van der Waals surface area contributed by atoms with Gasteiger partial charge < -0.3 is 10.6 Å². The first-order valence-corrected chi connectivity index (χ1v) is 7.02. The van der Waals surface area contributed by atoms with Crippen LogP contribution in [0.1, 0.15) is 37.4 Å². The molecule has 0 fully saturated rings. The van der Waals surface area contributed by atoms with Crippen molar-refractivity contribution >= 4 is 29.7 Å². The Bertz CT molecular complexity index is 477. The van der Waals surface area contributed by atoms with E-state index in [1.165, 1.54) is 11.9 Å². The monoisotopic (exact) mass is 345 g/mol. The molecule has 2 N–H and O–H groups in total. The first-order chi connectivity index (χ1) is 9.08. The second-order valence-corrected chi connectivity index (χ2v) is 5.90. The van der Waals surface area contributed by atoms with Crippen molar-refractivity contribution in [3.63, 3.8) is 0 Å². The van der Waals surface area contributed by atoms with E-state index in [1.54, 1.807) is 6.92 Å². The van der Waals surface area contributed by atoms with Gasteiger partial charge in [0.1, 0.15) is 5.01 Å². The average molecular weight is 346 g/mol. The lowest BCUT2D eigenvalue weighted by Gasteiger charge is -2.28. The fourth-order valence-electron chi connectivity index (χ4n) is 1.85. The van der Waals surface area contributed by atoms with Crippen molar-refractivity contribution in [2.24, 2.45) is 5.73 Å². The molecule has 0 aromatic carbocycles. The lowest BCUT2D eigenvalue weighted by molar-refractivity contribution is -0.140. The van der Waals surface area contributed by atoms with Gasteiger partial charge in [0.15, 0.2) is 5.69 Å². The van der Waals surface area contributed by atoms with E-state index in [0.29, 0.717) is 6.42 Å². The summed E-state index contributed by atoms with van der Waals surface area (Å²) in [5.41, 5.74) is 3.98. The molecule has 0 aliphatic heterocycles. The number of aromatic nitrogens is 1. The van der Waals surface area contributed by atoms with Gasteiger partial charge in [0.25, 0.3) is 0 Å². The molecule has 0 saturated carbocycles. The number of carbonyl (C=O) groups excluding carboxylic acids is 1. The molecule has 1 rings (SSSR count). The van der Waals surface area contributed by atoms with Crippen molar-refractivity contribution in [1.82, 2.24) is 9.88 Å². The van der Waals surface area contributed by atoms with Gasteiger partial charge in [-0.05, 0) is 13.3 Å². The van der Waals surface area contributed by atoms with Gasteiger partial charge in [0.2, 0.25) is 5.91 Å². The van der Waals surface area contributed by atoms with Crippen LogP contribution in [0.2, 0.25) is 0 Å². The van der Waals surface area contributed by atoms with E-state index in [9.17, 15) is 18.0 Å². The highest BCUT2D eigenvalue weighted by molar-refractivity contribution is 7.09. The van der Waals surface area contributed by atoms with Gasteiger partial charge in [-0.25, -0.2) is 4.98 Å². The summed E-state index contributed by atoms with van der Waals surface area (Å²) in [5.74, 6) is -0.303. The fraction of sp³-hybridized carbons (Fsp3) is 0.667. The second-order valence-electron chi connectivity index (χ2n) is 4.95. The first-order valence-electron chi connectivity index (χ1n) is 6.14. The quantitative estimate of drug-likeness (QED) is 0.892. The number of nitrogens with zero attached hydrogens (tertiary/aromatic N) is 2. The average Bonchev–Trinajstić information content (AvgIpc) is 2.76. The molecule has 1 atom stereocenters. The molecule has 1 amide bonds. The number of alkyl halides is 3. The van der Waals surface area contributed by atoms with Crippen LogP contribution < -0.4 is 5.73 Å². The molecule has 0 saturated heterocycles. The van der Waals surface area contributed by atoms with Crippen LogP contribution in [0.4, 0.5) is 13.2 Å². The van der Waals surface area contributed by atoms with Gasteiger partial charge in [-0.1, -0.05) is 13.3 Å². The fourth-order valence-corrected chi connectivity index (χ4v) is 2.70. The summed E-state index contributed by atoms with van der Waals surface area (Å²) in [6.45, 7) is 3.56. The topological polar surface area (TPSA) is 59.2 Å². The third-order valence-electron chi connectivity index (χ3n) is 2.82. The second kappa shape index (κ2) is 7.42. The molecule has 4 nitrogen and oxygen atoms in total. The number of amides is 1. The lowest BCUT2D eigenvalue weighted by atomic mass is 9.96. The lowest BCUT2D eigenvalue weighted by Crippen LogP contribution is -2.51. The Morgan fingerprint density at radius 1 is 1.48 bits per heavy atom. The number of rotatable bonds is 5. The summed E-state index contributed by atoms with van der Waals surface area (Å²) >= 11 is 0.880. The van der Waals surface area contributed by atoms with Gasteiger partial charge in [0.05, 0.1) is 12.1 Å². The summed E-state index contributed by atoms with van der Waals surface area (Å²) in [7, 11) is 1.51. The summed E-state index contributed by atoms with van der Waals surface area (Å²) in [5, 5.41) is 1.18. The maximum atomic E-state index is 12.4. The van der Waals surface area contributed by atoms with E-state index in [-0.39, 0.29) is 29.9 Å². The van der Waals surface area contributed by atoms with Crippen molar-refractivity contribution in [3.05, 3.63) is 16.1 Å². The largest absolute Gasteiger partial charge is 0.434 e. The highest BCUT2D eigenvalue weighted by atomic mass is 35.5. The molecule has 1 heterocycles. The van der Waals surface area contributed by atoms with Crippen LogP contribution in [-0.2, 0) is 17.5 Å². The number of thiazole rings is 1. The minimum atomic E-state index is -4.46. The summed E-state index contributed by atoms with van der Waals surface area (Å²) < 4.78 is 37.3. The molecule has 1 unspecified atom stereocenters. The molecule has 9 heteroatoms. The highest BCUT2D eigenvalue weighted by Crippen LogP contribution is 2.30. The van der Waals surface area contributed by atoms with E-state index >= 15 is 0 Å². The van der Waals surface area contributed by atoms with E-state index in [2.05, 4.69) is 4.98 Å². The number of nitrogens with two attached hydrogens (primary N) is 1. The number of hydrogen-bond donors (Lipinski definition) is 1. The van der Waals surface area contributed by atoms with Gasteiger partial charge in [-0.15, -0.1) is 23.7 Å². The number of halogens is 4. The zero-order chi connectivity index (χ0) is 15.6. The number of carbonyl (C=O) groups is 1. The number of likely N-dealkylation sites (N-methyl/N-ethyl adjacent to an activating group) is 1. The summed E-state index contributed by atoms with van der Waals surface area (Å²) in [4.78, 5) is 16.9. The number of hydrogen-bond acceptors (Lipinski definition) is 4. The SMILES string of the molecule is CCCC(C)(N)C(=O)N(C)Cc1nc(C(F)(F)F)cs1.Cl. The predicted molar refractivity (Wildman–Crippen MR) is 78.3 cm³/mol. The molecule has 0 aliphatic carbocycles. The zero-order valence-corrected chi connectivity index (χ0v) is 13.7. The van der Waals surface area contributed by atoms with Crippen LogP contribution in [0, 0.1) is 0 Å². The van der Waals surface area contributed by atoms with Gasteiger partial charge in [0, 0.05) is 12.4 Å². The van der Waals surface area contributed by atoms with Gasteiger partial charge in [-0.3, -0.25) is 4.79 Å². The van der Waals surface area contributed by atoms with E-state index in [1.807, 2.05) is 6.92 Å². The minimum absolute atomic E-state index is 0. The third-order valence-corrected chi connectivity index (χ3v) is 3.65. The molecule has 1 aromatic heterocycles. The van der Waals surface area contributed by atoms with E-state index in [0.717, 1.165) is 23.1 Å². The molecule has 21 heavy (non-hydrogen) atoms. The van der Waals surface area contributed by atoms with Crippen molar-refractivity contribution in [2.45, 2.75) is 44.9 Å². The zero-order valence-electron chi connectivity index (χ0n) is 12.0. The Morgan fingerprint density at radius 2 is 2.05 bits per heavy atom. The predicted octanol–water partition coefficient (Wildman–Crippen LogP) is 3.06. The van der Waals surface area contributed by atoms with Crippen LogP contribution >= 0.6 is 23.7 Å². The van der Waals surface area contributed by atoms with Crippen molar-refractivity contribution in [2.75, 3.05) is 7.05 Å². The first kappa shape index (κ1) is 20.1. The molecule has 0 radical (unpaired) electrons. The minimum Gasteiger partial charge on any atom is -0.337 e. The van der Waals surface area contributed by atoms with Crippen molar-refractivity contribution < 1.29 is 18.0 Å². The molecular weight excluding hydrogens is 327 g/mol. The maximum Gasteiger partial charge on any atom is 0.434 e. The molecule has 0 bridgehead atoms. The van der Waals surface area contributed by atoms with Crippen LogP contribution in [0.25, 0.3) is 0 Å². The Kier molecular flexibility index (Phi) is 7.11. The summed E-state index contributed by atoms with van der Waals surface area (Å²) in [6, 6.07) is 0. The van der Waals surface area contributed by atoms with E-state index < -0.39 is 17.4 Å². The third kappa shape index (κ3) is 5.44. The smallest absolute Gasteiger partial charge is 0.337 e. The summed E-state index contributed by atoms with van der Waals surface area (Å²) in [6.07, 6.45) is -3.19. The molecule has 122 valence electrons. The highest BCUT2D eigenvalue weighted by Gasteiger charge is 2.34. The van der Waals surface area contributed by atoms with Crippen LogP contribution in [0.5, 0.6) is 0 Å². The van der Waals surface area contributed by atoms with Crippen LogP contribution in [0.3, 0.4) is 0 Å². The normalized spacial score (nSPS) is 14.2. The Labute approximate surface area is 131 Å². The van der Waals surface area contributed by atoms with E-state index in [4.69, 9.17) is 5.73 Å². The molecule has 0 aliphatic rings. The van der Waals surface area contributed by atoms with Crippen LogP contribution in [-0.4, -0.2) is 28.4 Å². The molecular formula is C12H19ClF3N3OS. The molecule has 0 spiro atoms. The van der Waals surface area contributed by atoms with Crippen LogP contribution in [0.15, 0.2) is 5.38 Å². The van der Waals surface area contributed by atoms with Gasteiger partial charge in [-0.2, -0.15) is 13.2 Å². The standard InChI is InChI=1S/C12H18F3N3OS.ClH/c1-4-5-11(2,16)10(19)18(3)6-9-17-8(7-20-9)12(13,14)15;/h7H,4-6,16H2,1-3H3;1H. The maximum absolute atomic E-state index is 12.4. The van der Waals surface area contributed by atoms with Crippen molar-refractivity contribution in [1.29, 1.82) is 0 Å². The molecule has 1 aromatic rings.